The Bertz CT molecular complexity index is 329. The number of ether oxygens (including phenoxy) is 1. The molecule has 1 fully saturated rings. The van der Waals surface area contributed by atoms with Crippen LogP contribution in [0.5, 0.6) is 0 Å². The SMILES string of the molecule is Cc1nc(CNCC2CCC(C)O2)oc1C. The summed E-state index contributed by atoms with van der Waals surface area (Å²) in [6.07, 6.45) is 3.09. The van der Waals surface area contributed by atoms with Crippen molar-refractivity contribution in [3.8, 4) is 0 Å². The van der Waals surface area contributed by atoms with Crippen LogP contribution in [-0.2, 0) is 11.3 Å². The molecule has 1 aliphatic rings. The summed E-state index contributed by atoms with van der Waals surface area (Å²) in [5, 5.41) is 3.32. The van der Waals surface area contributed by atoms with Gasteiger partial charge in [-0.15, -0.1) is 0 Å². The second-order valence-electron chi connectivity index (χ2n) is 4.53. The van der Waals surface area contributed by atoms with Crippen molar-refractivity contribution in [3.63, 3.8) is 0 Å². The third-order valence-electron chi connectivity index (χ3n) is 3.04. The van der Waals surface area contributed by atoms with Crippen molar-refractivity contribution in [2.45, 2.75) is 52.4 Å². The van der Waals surface area contributed by atoms with Crippen LogP contribution in [0.15, 0.2) is 4.42 Å². The molecule has 0 saturated carbocycles. The summed E-state index contributed by atoms with van der Waals surface area (Å²) in [6, 6.07) is 0. The van der Waals surface area contributed by atoms with Crippen LogP contribution in [0.2, 0.25) is 0 Å². The predicted molar refractivity (Wildman–Crippen MR) is 61.3 cm³/mol. The first-order chi connectivity index (χ1) is 7.65. The third-order valence-corrected chi connectivity index (χ3v) is 3.04. The Morgan fingerprint density at radius 2 is 2.19 bits per heavy atom. The molecule has 2 unspecified atom stereocenters. The fourth-order valence-electron chi connectivity index (χ4n) is 1.99. The average Bonchev–Trinajstić information content (AvgIpc) is 2.75. The van der Waals surface area contributed by atoms with Crippen LogP contribution in [0.1, 0.15) is 37.1 Å². The first-order valence-electron chi connectivity index (χ1n) is 5.94. The molecule has 1 aromatic heterocycles. The van der Waals surface area contributed by atoms with Gasteiger partial charge in [0, 0.05) is 6.54 Å². The van der Waals surface area contributed by atoms with Gasteiger partial charge in [-0.1, -0.05) is 0 Å². The molecule has 0 amide bonds. The van der Waals surface area contributed by atoms with Crippen molar-refractivity contribution in [2.24, 2.45) is 0 Å². The van der Waals surface area contributed by atoms with Crippen LogP contribution in [-0.4, -0.2) is 23.7 Å². The van der Waals surface area contributed by atoms with Gasteiger partial charge in [-0.3, -0.25) is 0 Å². The summed E-state index contributed by atoms with van der Waals surface area (Å²) in [7, 11) is 0. The second kappa shape index (κ2) is 4.97. The Hall–Kier alpha value is -0.870. The smallest absolute Gasteiger partial charge is 0.208 e. The number of hydrogen-bond acceptors (Lipinski definition) is 4. The number of hydrogen-bond donors (Lipinski definition) is 1. The second-order valence-corrected chi connectivity index (χ2v) is 4.53. The van der Waals surface area contributed by atoms with Crippen LogP contribution >= 0.6 is 0 Å². The molecule has 1 N–H and O–H groups in total. The van der Waals surface area contributed by atoms with Crippen molar-refractivity contribution in [3.05, 3.63) is 17.3 Å². The molecule has 4 heteroatoms. The summed E-state index contributed by atoms with van der Waals surface area (Å²) >= 11 is 0. The lowest BCUT2D eigenvalue weighted by Crippen LogP contribution is -2.26. The van der Waals surface area contributed by atoms with Gasteiger partial charge < -0.3 is 14.5 Å². The quantitative estimate of drug-likeness (QED) is 0.849. The van der Waals surface area contributed by atoms with Crippen molar-refractivity contribution in [1.82, 2.24) is 10.3 Å². The van der Waals surface area contributed by atoms with Gasteiger partial charge in [0.15, 0.2) is 0 Å². The Morgan fingerprint density at radius 1 is 1.38 bits per heavy atom. The summed E-state index contributed by atoms with van der Waals surface area (Å²) in [4.78, 5) is 4.32. The number of nitrogens with one attached hydrogen (secondary N) is 1. The molecule has 0 bridgehead atoms. The highest BCUT2D eigenvalue weighted by Gasteiger charge is 2.21. The van der Waals surface area contributed by atoms with Crippen LogP contribution in [0.25, 0.3) is 0 Å². The lowest BCUT2D eigenvalue weighted by Gasteiger charge is -2.10. The van der Waals surface area contributed by atoms with Crippen LogP contribution in [0, 0.1) is 13.8 Å². The molecule has 2 heterocycles. The fourth-order valence-corrected chi connectivity index (χ4v) is 1.99. The number of nitrogens with zero attached hydrogens (tertiary/aromatic N) is 1. The van der Waals surface area contributed by atoms with E-state index in [0.717, 1.165) is 30.3 Å². The minimum atomic E-state index is 0.354. The van der Waals surface area contributed by atoms with Crippen LogP contribution in [0.3, 0.4) is 0 Å². The Balaban J connectivity index is 1.72. The van der Waals surface area contributed by atoms with Crippen LogP contribution in [0.4, 0.5) is 0 Å². The fraction of sp³-hybridized carbons (Fsp3) is 0.750. The Kier molecular flexibility index (Phi) is 3.61. The van der Waals surface area contributed by atoms with Gasteiger partial charge in [-0.25, -0.2) is 4.98 Å². The lowest BCUT2D eigenvalue weighted by atomic mass is 10.2. The zero-order valence-corrected chi connectivity index (χ0v) is 10.2. The molecule has 1 saturated heterocycles. The van der Waals surface area contributed by atoms with Gasteiger partial charge in [-0.05, 0) is 33.6 Å². The summed E-state index contributed by atoms with van der Waals surface area (Å²) < 4.78 is 11.2. The van der Waals surface area contributed by atoms with Gasteiger partial charge >= 0.3 is 0 Å². The molecule has 4 nitrogen and oxygen atoms in total. The summed E-state index contributed by atoms with van der Waals surface area (Å²) in [5.74, 6) is 1.67. The van der Waals surface area contributed by atoms with E-state index in [4.69, 9.17) is 9.15 Å². The maximum atomic E-state index is 5.71. The van der Waals surface area contributed by atoms with E-state index in [9.17, 15) is 0 Å². The standard InChI is InChI=1S/C12H20N2O2/c1-8-4-5-11(15-8)6-13-7-12-14-9(2)10(3)16-12/h8,11,13H,4-7H2,1-3H3. The van der Waals surface area contributed by atoms with E-state index in [2.05, 4.69) is 17.2 Å². The summed E-state index contributed by atoms with van der Waals surface area (Å²) in [5.41, 5.74) is 0.975. The molecule has 2 atom stereocenters. The third kappa shape index (κ3) is 2.83. The lowest BCUT2D eigenvalue weighted by molar-refractivity contribution is 0.0556. The first-order valence-corrected chi connectivity index (χ1v) is 5.94. The number of oxazole rings is 1. The highest BCUT2D eigenvalue weighted by molar-refractivity contribution is 5.05. The van der Waals surface area contributed by atoms with Crippen molar-refractivity contribution in [1.29, 1.82) is 0 Å². The van der Waals surface area contributed by atoms with E-state index < -0.39 is 0 Å². The molecule has 0 aromatic carbocycles. The molecule has 90 valence electrons. The average molecular weight is 224 g/mol. The van der Waals surface area contributed by atoms with Crippen molar-refractivity contribution < 1.29 is 9.15 Å². The number of rotatable bonds is 4. The molecule has 0 radical (unpaired) electrons. The van der Waals surface area contributed by atoms with E-state index in [1.54, 1.807) is 0 Å². The van der Waals surface area contributed by atoms with E-state index in [0.29, 0.717) is 18.8 Å². The highest BCUT2D eigenvalue weighted by atomic mass is 16.5. The molecule has 0 spiro atoms. The van der Waals surface area contributed by atoms with Gasteiger partial charge in [0.25, 0.3) is 0 Å². The van der Waals surface area contributed by atoms with Crippen LogP contribution < -0.4 is 5.32 Å². The molecule has 1 aromatic rings. The van der Waals surface area contributed by atoms with Gasteiger partial charge in [0.2, 0.25) is 5.89 Å². The van der Waals surface area contributed by atoms with E-state index in [1.807, 2.05) is 13.8 Å². The highest BCUT2D eigenvalue weighted by Crippen LogP contribution is 2.18. The largest absolute Gasteiger partial charge is 0.444 e. The molecule has 2 rings (SSSR count). The predicted octanol–water partition coefficient (Wildman–Crippen LogP) is 1.95. The zero-order valence-electron chi connectivity index (χ0n) is 10.2. The molecule has 0 aliphatic carbocycles. The van der Waals surface area contributed by atoms with Crippen molar-refractivity contribution in [2.75, 3.05) is 6.54 Å². The minimum absolute atomic E-state index is 0.354. The van der Waals surface area contributed by atoms with E-state index in [1.165, 1.54) is 6.42 Å². The minimum Gasteiger partial charge on any atom is -0.444 e. The summed E-state index contributed by atoms with van der Waals surface area (Å²) in [6.45, 7) is 7.59. The maximum Gasteiger partial charge on any atom is 0.208 e. The first kappa shape index (κ1) is 11.6. The Labute approximate surface area is 96.4 Å². The van der Waals surface area contributed by atoms with E-state index in [-0.39, 0.29) is 0 Å². The monoisotopic (exact) mass is 224 g/mol. The van der Waals surface area contributed by atoms with Gasteiger partial charge in [0.1, 0.15) is 5.76 Å². The molecular weight excluding hydrogens is 204 g/mol. The molecular formula is C12H20N2O2. The van der Waals surface area contributed by atoms with Gasteiger partial charge in [-0.2, -0.15) is 0 Å². The molecule has 16 heavy (non-hydrogen) atoms. The van der Waals surface area contributed by atoms with E-state index >= 15 is 0 Å². The maximum absolute atomic E-state index is 5.71. The topological polar surface area (TPSA) is 47.3 Å². The molecule has 1 aliphatic heterocycles. The number of aryl methyl sites for hydroxylation is 2. The number of aromatic nitrogens is 1. The van der Waals surface area contributed by atoms with Gasteiger partial charge in [0.05, 0.1) is 24.4 Å². The zero-order chi connectivity index (χ0) is 11.5. The van der Waals surface area contributed by atoms with Crippen molar-refractivity contribution >= 4 is 0 Å². The Morgan fingerprint density at radius 3 is 2.75 bits per heavy atom. The normalized spacial score (nSPS) is 25.2.